The summed E-state index contributed by atoms with van der Waals surface area (Å²) in [6.45, 7) is 2.25. The SMILES string of the molecule is CCCCc1ccc(N(c2ccc(N(C)C)cc2)c2ccc3c(c2)CCC3)cc1. The van der Waals surface area contributed by atoms with Crippen LogP contribution in [0.3, 0.4) is 0 Å². The van der Waals surface area contributed by atoms with Gasteiger partial charge in [-0.25, -0.2) is 0 Å². The molecular formula is C27H32N2. The molecule has 0 aromatic heterocycles. The van der Waals surface area contributed by atoms with Gasteiger partial charge in [-0.2, -0.15) is 0 Å². The van der Waals surface area contributed by atoms with Crippen molar-refractivity contribution in [3.63, 3.8) is 0 Å². The molecule has 0 amide bonds. The zero-order valence-electron chi connectivity index (χ0n) is 18.0. The lowest BCUT2D eigenvalue weighted by molar-refractivity contribution is 0.795. The second-order valence-electron chi connectivity index (χ2n) is 8.32. The van der Waals surface area contributed by atoms with Crippen LogP contribution in [0.15, 0.2) is 66.7 Å². The molecule has 0 unspecified atom stereocenters. The van der Waals surface area contributed by atoms with Crippen LogP contribution in [0, 0.1) is 0 Å². The minimum atomic E-state index is 1.16. The maximum atomic E-state index is 2.40. The van der Waals surface area contributed by atoms with E-state index in [1.165, 1.54) is 71.5 Å². The monoisotopic (exact) mass is 384 g/mol. The van der Waals surface area contributed by atoms with Gasteiger partial charge < -0.3 is 9.80 Å². The predicted octanol–water partition coefficient (Wildman–Crippen LogP) is 7.05. The van der Waals surface area contributed by atoms with E-state index >= 15 is 0 Å². The lowest BCUT2D eigenvalue weighted by Crippen LogP contribution is -2.12. The van der Waals surface area contributed by atoms with E-state index < -0.39 is 0 Å². The highest BCUT2D eigenvalue weighted by Gasteiger charge is 2.17. The Hall–Kier alpha value is -2.74. The number of unbranched alkanes of at least 4 members (excludes halogenated alkanes) is 1. The Bertz CT molecular complexity index is 939. The third kappa shape index (κ3) is 4.32. The highest BCUT2D eigenvalue weighted by molar-refractivity contribution is 5.78. The Balaban J connectivity index is 1.72. The van der Waals surface area contributed by atoms with Gasteiger partial charge >= 0.3 is 0 Å². The van der Waals surface area contributed by atoms with Crippen molar-refractivity contribution in [3.05, 3.63) is 83.4 Å². The topological polar surface area (TPSA) is 6.48 Å². The van der Waals surface area contributed by atoms with Crippen molar-refractivity contribution in [2.45, 2.75) is 45.4 Å². The first-order chi connectivity index (χ1) is 14.2. The van der Waals surface area contributed by atoms with E-state index in [1.807, 2.05) is 0 Å². The van der Waals surface area contributed by atoms with Gasteiger partial charge in [0.25, 0.3) is 0 Å². The molecule has 0 spiro atoms. The van der Waals surface area contributed by atoms with E-state index in [2.05, 4.69) is 97.5 Å². The van der Waals surface area contributed by atoms with E-state index in [-0.39, 0.29) is 0 Å². The van der Waals surface area contributed by atoms with Crippen LogP contribution in [0.5, 0.6) is 0 Å². The molecule has 3 aromatic rings. The summed E-state index contributed by atoms with van der Waals surface area (Å²) in [6.07, 6.45) is 7.35. The maximum absolute atomic E-state index is 2.40. The molecule has 1 aliphatic rings. The lowest BCUT2D eigenvalue weighted by atomic mass is 10.1. The average Bonchev–Trinajstić information content (AvgIpc) is 3.22. The maximum Gasteiger partial charge on any atom is 0.0464 e. The molecule has 1 aliphatic carbocycles. The van der Waals surface area contributed by atoms with Crippen molar-refractivity contribution in [2.75, 3.05) is 23.9 Å². The van der Waals surface area contributed by atoms with Gasteiger partial charge in [-0.3, -0.25) is 0 Å². The molecule has 150 valence electrons. The first-order valence-corrected chi connectivity index (χ1v) is 10.9. The fourth-order valence-electron chi connectivity index (χ4n) is 4.24. The molecule has 3 aromatic carbocycles. The molecule has 4 rings (SSSR count). The second-order valence-corrected chi connectivity index (χ2v) is 8.32. The molecule has 2 heteroatoms. The summed E-state index contributed by atoms with van der Waals surface area (Å²) in [6, 6.07) is 25.0. The minimum Gasteiger partial charge on any atom is -0.378 e. The Labute approximate surface area is 175 Å². The van der Waals surface area contributed by atoms with Crippen LogP contribution in [0.4, 0.5) is 22.7 Å². The fourth-order valence-corrected chi connectivity index (χ4v) is 4.24. The van der Waals surface area contributed by atoms with Gasteiger partial charge in [0.2, 0.25) is 0 Å². The minimum absolute atomic E-state index is 1.16. The summed E-state index contributed by atoms with van der Waals surface area (Å²) < 4.78 is 0. The van der Waals surface area contributed by atoms with E-state index in [0.29, 0.717) is 0 Å². The quantitative estimate of drug-likeness (QED) is 0.430. The van der Waals surface area contributed by atoms with Crippen LogP contribution >= 0.6 is 0 Å². The van der Waals surface area contributed by atoms with Crippen LogP contribution in [0.2, 0.25) is 0 Å². The summed E-state index contributed by atoms with van der Waals surface area (Å²) in [4.78, 5) is 4.54. The normalized spacial score (nSPS) is 12.7. The van der Waals surface area contributed by atoms with Crippen LogP contribution in [0.1, 0.15) is 42.9 Å². The number of benzene rings is 3. The smallest absolute Gasteiger partial charge is 0.0464 e. The van der Waals surface area contributed by atoms with Crippen molar-refractivity contribution in [3.8, 4) is 0 Å². The van der Waals surface area contributed by atoms with Gasteiger partial charge in [-0.15, -0.1) is 0 Å². The largest absolute Gasteiger partial charge is 0.378 e. The Kier molecular flexibility index (Phi) is 5.89. The summed E-state index contributed by atoms with van der Waals surface area (Å²) >= 11 is 0. The highest BCUT2D eigenvalue weighted by atomic mass is 15.1. The van der Waals surface area contributed by atoms with E-state index in [4.69, 9.17) is 0 Å². The number of hydrogen-bond acceptors (Lipinski definition) is 2. The molecule has 0 bridgehead atoms. The predicted molar refractivity (Wildman–Crippen MR) is 126 cm³/mol. The van der Waals surface area contributed by atoms with Crippen molar-refractivity contribution in [2.24, 2.45) is 0 Å². The van der Waals surface area contributed by atoms with E-state index in [0.717, 1.165) is 6.42 Å². The molecule has 0 heterocycles. The number of aryl methyl sites for hydroxylation is 3. The molecule has 0 saturated heterocycles. The summed E-state index contributed by atoms with van der Waals surface area (Å²) in [5, 5.41) is 0. The standard InChI is InChI=1S/C27H32N2/c1-4-5-7-21-10-13-25(14-11-21)29(26-18-16-24(17-19-26)28(2)3)27-15-12-22-8-6-9-23(22)20-27/h10-20H,4-9H2,1-3H3. The Morgan fingerprint density at radius 3 is 1.93 bits per heavy atom. The average molecular weight is 385 g/mol. The molecular weight excluding hydrogens is 352 g/mol. The Morgan fingerprint density at radius 1 is 0.690 bits per heavy atom. The summed E-state index contributed by atoms with van der Waals surface area (Å²) in [5.74, 6) is 0. The third-order valence-corrected chi connectivity index (χ3v) is 5.98. The number of anilines is 4. The van der Waals surface area contributed by atoms with Gasteiger partial charge in [0.05, 0.1) is 0 Å². The Morgan fingerprint density at radius 2 is 1.28 bits per heavy atom. The van der Waals surface area contributed by atoms with Crippen molar-refractivity contribution in [1.29, 1.82) is 0 Å². The van der Waals surface area contributed by atoms with Gasteiger partial charge in [0, 0.05) is 36.8 Å². The van der Waals surface area contributed by atoms with Crippen molar-refractivity contribution < 1.29 is 0 Å². The molecule has 0 aliphatic heterocycles. The number of hydrogen-bond donors (Lipinski definition) is 0. The van der Waals surface area contributed by atoms with Crippen LogP contribution < -0.4 is 9.80 Å². The number of rotatable bonds is 7. The highest BCUT2D eigenvalue weighted by Crippen LogP contribution is 2.37. The van der Waals surface area contributed by atoms with E-state index in [9.17, 15) is 0 Å². The molecule has 2 nitrogen and oxygen atoms in total. The van der Waals surface area contributed by atoms with Gasteiger partial charge in [0.1, 0.15) is 0 Å². The van der Waals surface area contributed by atoms with Gasteiger partial charge in [0.15, 0.2) is 0 Å². The number of fused-ring (bicyclic) bond motifs is 1. The van der Waals surface area contributed by atoms with Crippen molar-refractivity contribution in [1.82, 2.24) is 0 Å². The molecule has 0 N–H and O–H groups in total. The lowest BCUT2D eigenvalue weighted by Gasteiger charge is -2.27. The van der Waals surface area contributed by atoms with Crippen LogP contribution in [-0.2, 0) is 19.3 Å². The van der Waals surface area contributed by atoms with Crippen LogP contribution in [-0.4, -0.2) is 14.1 Å². The first kappa shape index (κ1) is 19.6. The van der Waals surface area contributed by atoms with Gasteiger partial charge in [-0.1, -0.05) is 31.5 Å². The third-order valence-electron chi connectivity index (χ3n) is 5.98. The fraction of sp³-hybridized carbons (Fsp3) is 0.333. The molecule has 0 fully saturated rings. The molecule has 0 atom stereocenters. The molecule has 0 saturated carbocycles. The van der Waals surface area contributed by atoms with E-state index in [1.54, 1.807) is 0 Å². The van der Waals surface area contributed by atoms with Crippen molar-refractivity contribution >= 4 is 22.7 Å². The van der Waals surface area contributed by atoms with Crippen LogP contribution in [0.25, 0.3) is 0 Å². The molecule has 29 heavy (non-hydrogen) atoms. The summed E-state index contributed by atoms with van der Waals surface area (Å²) in [7, 11) is 4.17. The second kappa shape index (κ2) is 8.73. The molecule has 0 radical (unpaired) electrons. The zero-order chi connectivity index (χ0) is 20.2. The summed E-state index contributed by atoms with van der Waals surface area (Å²) in [5.41, 5.74) is 9.36. The first-order valence-electron chi connectivity index (χ1n) is 10.9. The van der Waals surface area contributed by atoms with Gasteiger partial charge in [-0.05, 0) is 97.3 Å². The zero-order valence-corrected chi connectivity index (χ0v) is 18.0. The number of nitrogens with zero attached hydrogens (tertiary/aromatic N) is 2.